The quantitative estimate of drug-likeness (QED) is 0.888. The van der Waals surface area contributed by atoms with Gasteiger partial charge < -0.3 is 15.1 Å². The summed E-state index contributed by atoms with van der Waals surface area (Å²) >= 11 is 0. The maximum Gasteiger partial charge on any atom is 0.256 e. The number of β-amino-alcohol motifs (C(OH)–C–C–N with tert-alkyl or cyclic N) is 1. The first-order valence-electron chi connectivity index (χ1n) is 6.93. The zero-order chi connectivity index (χ0) is 15.7. The van der Waals surface area contributed by atoms with E-state index in [1.54, 1.807) is 12.1 Å². The van der Waals surface area contributed by atoms with Crippen molar-refractivity contribution in [2.24, 2.45) is 0 Å². The van der Waals surface area contributed by atoms with Crippen LogP contribution < -0.4 is 0 Å². The van der Waals surface area contributed by atoms with E-state index in [0.717, 1.165) is 0 Å². The molecule has 0 saturated carbocycles. The van der Waals surface area contributed by atoms with Crippen LogP contribution in [-0.4, -0.2) is 38.7 Å². The smallest absolute Gasteiger partial charge is 0.256 e. The number of likely N-dealkylation sites (tertiary alicyclic amines) is 1. The van der Waals surface area contributed by atoms with Crippen LogP contribution in [0.25, 0.3) is 0 Å². The van der Waals surface area contributed by atoms with E-state index in [-0.39, 0.29) is 29.6 Å². The van der Waals surface area contributed by atoms with E-state index in [4.69, 9.17) is 0 Å². The summed E-state index contributed by atoms with van der Waals surface area (Å²) in [5.41, 5.74) is 0.869. The van der Waals surface area contributed by atoms with Crippen molar-refractivity contribution in [2.45, 2.75) is 18.6 Å². The lowest BCUT2D eigenvalue weighted by molar-refractivity contribution is 0.0714. The van der Waals surface area contributed by atoms with E-state index in [1.165, 1.54) is 35.5 Å². The van der Waals surface area contributed by atoms with Crippen LogP contribution in [0.4, 0.5) is 4.39 Å². The zero-order valence-corrected chi connectivity index (χ0v) is 11.7. The van der Waals surface area contributed by atoms with Crippen LogP contribution in [0.15, 0.2) is 42.7 Å². The van der Waals surface area contributed by atoms with Gasteiger partial charge in [-0.15, -0.1) is 0 Å². The summed E-state index contributed by atoms with van der Waals surface area (Å²) in [4.78, 5) is 17.9. The highest BCUT2D eigenvalue weighted by atomic mass is 19.1. The molecule has 3 rings (SSSR count). The van der Waals surface area contributed by atoms with Crippen LogP contribution >= 0.6 is 0 Å². The van der Waals surface area contributed by atoms with Gasteiger partial charge in [0, 0.05) is 12.7 Å². The number of pyridine rings is 1. The van der Waals surface area contributed by atoms with Crippen LogP contribution in [0, 0.1) is 5.82 Å². The molecular formula is C16H15FN2O3. The highest BCUT2D eigenvalue weighted by molar-refractivity contribution is 5.94. The highest BCUT2D eigenvalue weighted by Gasteiger charge is 2.36. The van der Waals surface area contributed by atoms with Gasteiger partial charge in [0.2, 0.25) is 0 Å². The van der Waals surface area contributed by atoms with Crippen molar-refractivity contribution in [1.29, 1.82) is 0 Å². The Kier molecular flexibility index (Phi) is 3.77. The first-order chi connectivity index (χ1) is 10.5. The molecule has 2 aromatic rings. The second-order valence-corrected chi connectivity index (χ2v) is 5.35. The second kappa shape index (κ2) is 5.73. The van der Waals surface area contributed by atoms with Crippen molar-refractivity contribution in [2.75, 3.05) is 6.54 Å². The number of hydrogen-bond donors (Lipinski definition) is 2. The van der Waals surface area contributed by atoms with Gasteiger partial charge in [0.25, 0.3) is 5.91 Å². The number of aromatic hydroxyl groups is 1. The largest absolute Gasteiger partial charge is 0.506 e. The molecule has 1 fully saturated rings. The summed E-state index contributed by atoms with van der Waals surface area (Å²) in [5.74, 6) is -0.840. The van der Waals surface area contributed by atoms with Gasteiger partial charge in [-0.2, -0.15) is 0 Å². The number of aromatic nitrogens is 1. The average molecular weight is 302 g/mol. The average Bonchev–Trinajstić information content (AvgIpc) is 2.88. The summed E-state index contributed by atoms with van der Waals surface area (Å²) in [7, 11) is 0. The maximum absolute atomic E-state index is 13.4. The molecule has 1 aromatic heterocycles. The Morgan fingerprint density at radius 3 is 2.86 bits per heavy atom. The molecule has 0 bridgehead atoms. The molecule has 0 unspecified atom stereocenters. The number of amides is 1. The van der Waals surface area contributed by atoms with Crippen molar-refractivity contribution in [3.05, 3.63) is 59.7 Å². The molecule has 1 aliphatic heterocycles. The molecule has 22 heavy (non-hydrogen) atoms. The monoisotopic (exact) mass is 302 g/mol. The van der Waals surface area contributed by atoms with E-state index in [0.29, 0.717) is 12.0 Å². The Balaban J connectivity index is 1.92. The number of halogens is 1. The number of nitrogens with zero attached hydrogens (tertiary/aromatic N) is 2. The molecule has 2 N–H and O–H groups in total. The molecule has 0 spiro atoms. The molecule has 0 radical (unpaired) electrons. The summed E-state index contributed by atoms with van der Waals surface area (Å²) in [6.45, 7) is 0.162. The fourth-order valence-electron chi connectivity index (χ4n) is 2.78. The maximum atomic E-state index is 13.4. The van der Waals surface area contributed by atoms with Gasteiger partial charge in [0.05, 0.1) is 23.9 Å². The van der Waals surface area contributed by atoms with Crippen LogP contribution in [-0.2, 0) is 0 Å². The molecule has 0 aliphatic carbocycles. The van der Waals surface area contributed by atoms with Crippen LogP contribution in [0.2, 0.25) is 0 Å². The third kappa shape index (κ3) is 2.78. The number of aliphatic hydroxyl groups excluding tert-OH is 1. The molecule has 1 saturated heterocycles. The number of carbonyl (C=O) groups excluding carboxylic acids is 1. The minimum absolute atomic E-state index is 0.104. The van der Waals surface area contributed by atoms with Gasteiger partial charge in [-0.25, -0.2) is 4.39 Å². The second-order valence-electron chi connectivity index (χ2n) is 5.35. The lowest BCUT2D eigenvalue weighted by atomic mass is 10.0. The van der Waals surface area contributed by atoms with Gasteiger partial charge in [-0.1, -0.05) is 12.1 Å². The van der Waals surface area contributed by atoms with Gasteiger partial charge in [-0.05, 0) is 30.2 Å². The van der Waals surface area contributed by atoms with Gasteiger partial charge in [0.15, 0.2) is 0 Å². The fourth-order valence-corrected chi connectivity index (χ4v) is 2.78. The molecule has 1 aromatic carbocycles. The van der Waals surface area contributed by atoms with Gasteiger partial charge in [0.1, 0.15) is 11.6 Å². The van der Waals surface area contributed by atoms with Crippen LogP contribution in [0.5, 0.6) is 5.75 Å². The Hall–Kier alpha value is -2.47. The molecule has 1 amide bonds. The third-order valence-electron chi connectivity index (χ3n) is 3.74. The van der Waals surface area contributed by atoms with Crippen molar-refractivity contribution in [1.82, 2.24) is 9.88 Å². The Morgan fingerprint density at radius 2 is 2.14 bits per heavy atom. The van der Waals surface area contributed by atoms with E-state index in [9.17, 15) is 19.4 Å². The minimum atomic E-state index is -0.664. The summed E-state index contributed by atoms with van der Waals surface area (Å²) in [5, 5.41) is 19.3. The lowest BCUT2D eigenvalue weighted by Crippen LogP contribution is -2.31. The molecule has 114 valence electrons. The molecule has 6 heteroatoms. The molecule has 2 heterocycles. The standard InChI is InChI=1S/C16H15FN2O3/c17-12-3-1-2-10(4-12)15-6-14(21)9-19(15)16(22)11-5-13(20)8-18-7-11/h1-5,7-8,14-15,20-21H,6,9H2/t14-,15+/m0/s1. The van der Waals surface area contributed by atoms with E-state index in [1.807, 2.05) is 0 Å². The van der Waals surface area contributed by atoms with Gasteiger partial charge >= 0.3 is 0 Å². The van der Waals surface area contributed by atoms with Crippen molar-refractivity contribution in [3.63, 3.8) is 0 Å². The number of aliphatic hydroxyl groups is 1. The molecule has 1 aliphatic rings. The Labute approximate surface area is 126 Å². The predicted octanol–water partition coefficient (Wildman–Crippen LogP) is 1.87. The molecule has 2 atom stereocenters. The SMILES string of the molecule is O=C(c1cncc(O)c1)N1C[C@@H](O)C[C@@H]1c1cccc(F)c1. The number of hydrogen-bond acceptors (Lipinski definition) is 4. The first-order valence-corrected chi connectivity index (χ1v) is 6.93. The summed E-state index contributed by atoms with van der Waals surface area (Å²) in [6.07, 6.45) is 2.28. The molecular weight excluding hydrogens is 287 g/mol. The van der Waals surface area contributed by atoms with E-state index >= 15 is 0 Å². The number of carbonyl (C=O) groups is 1. The predicted molar refractivity (Wildman–Crippen MR) is 76.7 cm³/mol. The summed E-state index contributed by atoms with van der Waals surface area (Å²) < 4.78 is 13.4. The summed E-state index contributed by atoms with van der Waals surface area (Å²) in [6, 6.07) is 6.92. The normalized spacial score (nSPS) is 21.1. The van der Waals surface area contributed by atoms with E-state index in [2.05, 4.69) is 4.98 Å². The minimum Gasteiger partial charge on any atom is -0.506 e. The topological polar surface area (TPSA) is 73.7 Å². The van der Waals surface area contributed by atoms with Crippen molar-refractivity contribution in [3.8, 4) is 5.75 Å². The van der Waals surface area contributed by atoms with Crippen molar-refractivity contribution < 1.29 is 19.4 Å². The zero-order valence-electron chi connectivity index (χ0n) is 11.7. The lowest BCUT2D eigenvalue weighted by Gasteiger charge is -2.24. The van der Waals surface area contributed by atoms with Crippen molar-refractivity contribution >= 4 is 5.91 Å². The third-order valence-corrected chi connectivity index (χ3v) is 3.74. The Morgan fingerprint density at radius 1 is 1.32 bits per heavy atom. The fraction of sp³-hybridized carbons (Fsp3) is 0.250. The Bertz CT molecular complexity index is 707. The van der Waals surface area contributed by atoms with E-state index < -0.39 is 12.1 Å². The number of benzene rings is 1. The van der Waals surface area contributed by atoms with Crippen LogP contribution in [0.3, 0.4) is 0 Å². The van der Waals surface area contributed by atoms with Gasteiger partial charge in [-0.3, -0.25) is 9.78 Å². The highest BCUT2D eigenvalue weighted by Crippen LogP contribution is 2.33. The first kappa shape index (κ1) is 14.5. The van der Waals surface area contributed by atoms with Crippen LogP contribution in [0.1, 0.15) is 28.4 Å². The number of rotatable bonds is 2. The molecule has 5 nitrogen and oxygen atoms in total.